The second-order valence-electron chi connectivity index (χ2n) is 8.20. The summed E-state index contributed by atoms with van der Waals surface area (Å²) in [4.78, 5) is 10.8. The zero-order chi connectivity index (χ0) is 18.5. The Kier molecular flexibility index (Phi) is 10.5. The van der Waals surface area contributed by atoms with Crippen molar-refractivity contribution in [2.75, 3.05) is 0 Å². The number of unbranched alkanes of at least 4 members (excludes halogenated alkanes) is 2. The third-order valence-corrected chi connectivity index (χ3v) is 4.90. The molecule has 1 aliphatic carbocycles. The molecule has 1 atom stereocenters. The molecule has 1 heteroatoms. The van der Waals surface area contributed by atoms with Gasteiger partial charge in [0.1, 0.15) is 6.29 Å². The van der Waals surface area contributed by atoms with Gasteiger partial charge in [0.15, 0.2) is 0 Å². The van der Waals surface area contributed by atoms with Crippen molar-refractivity contribution in [3.05, 3.63) is 47.9 Å². The fourth-order valence-corrected chi connectivity index (χ4v) is 3.24. The summed E-state index contributed by atoms with van der Waals surface area (Å²) >= 11 is 0. The first kappa shape index (κ1) is 21.7. The Morgan fingerprint density at radius 2 is 1.84 bits per heavy atom. The van der Waals surface area contributed by atoms with Crippen LogP contribution in [-0.2, 0) is 4.79 Å². The van der Waals surface area contributed by atoms with Gasteiger partial charge in [0.05, 0.1) is 0 Å². The Bertz CT molecular complexity index is 487. The summed E-state index contributed by atoms with van der Waals surface area (Å²) < 4.78 is 0. The summed E-state index contributed by atoms with van der Waals surface area (Å²) in [6.45, 7) is 9.21. The van der Waals surface area contributed by atoms with E-state index in [2.05, 4.69) is 34.1 Å². The Labute approximate surface area is 155 Å². The smallest absolute Gasteiger partial charge is 0.146 e. The molecule has 1 nitrogen and oxygen atoms in total. The normalized spacial score (nSPS) is 16.1. The first-order valence-corrected chi connectivity index (χ1v) is 10.0. The van der Waals surface area contributed by atoms with Crippen LogP contribution >= 0.6 is 0 Å². The predicted octanol–water partition coefficient (Wildman–Crippen LogP) is 7.28. The van der Waals surface area contributed by atoms with Gasteiger partial charge in [-0.05, 0) is 60.6 Å². The maximum atomic E-state index is 10.8. The van der Waals surface area contributed by atoms with E-state index in [1.807, 2.05) is 36.4 Å². The van der Waals surface area contributed by atoms with Gasteiger partial charge in [-0.25, -0.2) is 0 Å². The van der Waals surface area contributed by atoms with Gasteiger partial charge in [-0.15, -0.1) is 0 Å². The van der Waals surface area contributed by atoms with Gasteiger partial charge in [-0.1, -0.05) is 83.7 Å². The van der Waals surface area contributed by atoms with E-state index in [1.54, 1.807) is 0 Å². The number of carbonyl (C=O) groups excluding carboxylic acids is 1. The van der Waals surface area contributed by atoms with Crippen molar-refractivity contribution >= 4 is 12.4 Å². The quantitative estimate of drug-likeness (QED) is 0.302. The minimum absolute atomic E-state index is 0.514. The molecule has 0 saturated heterocycles. The largest absolute Gasteiger partial charge is 0.298 e. The van der Waals surface area contributed by atoms with Crippen molar-refractivity contribution in [1.82, 2.24) is 0 Å². The number of allylic oxidation sites excluding steroid dienone is 1. The average Bonchev–Trinajstić information content (AvgIpc) is 2.62. The Morgan fingerprint density at radius 1 is 1.12 bits per heavy atom. The lowest BCUT2D eigenvalue weighted by atomic mass is 9.72. The molecule has 0 aromatic heterocycles. The van der Waals surface area contributed by atoms with Crippen LogP contribution in [0.15, 0.2) is 35.9 Å². The van der Waals surface area contributed by atoms with Crippen LogP contribution in [0.1, 0.15) is 84.6 Å². The third-order valence-electron chi connectivity index (χ3n) is 4.90. The molecule has 2 rings (SSSR count). The molecule has 139 valence electrons. The van der Waals surface area contributed by atoms with Crippen molar-refractivity contribution in [1.29, 1.82) is 0 Å². The van der Waals surface area contributed by atoms with Crippen molar-refractivity contribution in [2.45, 2.75) is 79.1 Å². The highest BCUT2D eigenvalue weighted by Gasteiger charge is 2.25. The highest BCUT2D eigenvalue weighted by molar-refractivity contribution is 5.81. The number of rotatable bonds is 6. The lowest BCUT2D eigenvalue weighted by molar-refractivity contribution is -0.105. The van der Waals surface area contributed by atoms with E-state index in [0.717, 1.165) is 36.2 Å². The third kappa shape index (κ3) is 9.63. The second-order valence-corrected chi connectivity index (χ2v) is 8.20. The average molecular weight is 342 g/mol. The Balaban J connectivity index is 0.000000271. The van der Waals surface area contributed by atoms with E-state index in [-0.39, 0.29) is 0 Å². The molecular weight excluding hydrogens is 304 g/mol. The van der Waals surface area contributed by atoms with Crippen LogP contribution in [0.25, 0.3) is 6.08 Å². The van der Waals surface area contributed by atoms with Gasteiger partial charge in [-0.3, -0.25) is 4.79 Å². The van der Waals surface area contributed by atoms with Crippen LogP contribution in [-0.4, -0.2) is 6.29 Å². The summed E-state index contributed by atoms with van der Waals surface area (Å²) in [5, 5.41) is 0. The first-order valence-electron chi connectivity index (χ1n) is 10.0. The van der Waals surface area contributed by atoms with Crippen LogP contribution in [0.3, 0.4) is 0 Å². The topological polar surface area (TPSA) is 17.1 Å². The van der Waals surface area contributed by atoms with Gasteiger partial charge in [0.2, 0.25) is 0 Å². The molecule has 1 radical (unpaired) electrons. The standard InChI is InChI=1S/C14H18O.C10H19/c1-2-3-5-10-14(12-15)11-13-8-6-4-7-9-13;1-10(2,3)9-7-5-4-6-8-9/h4,6-9,11-12H,2-3,5,10H2,1H3;7,9H,4-6,8H2,1-3H3/b14-11-;. The zero-order valence-electron chi connectivity index (χ0n) is 16.8. The molecule has 0 aliphatic heterocycles. The molecule has 0 bridgehead atoms. The van der Waals surface area contributed by atoms with E-state index in [1.165, 1.54) is 38.5 Å². The van der Waals surface area contributed by atoms with Crippen LogP contribution < -0.4 is 0 Å². The lowest BCUT2D eigenvalue weighted by Gasteiger charge is -2.33. The van der Waals surface area contributed by atoms with Gasteiger partial charge in [-0.2, -0.15) is 0 Å². The van der Waals surface area contributed by atoms with E-state index >= 15 is 0 Å². The van der Waals surface area contributed by atoms with Gasteiger partial charge in [0, 0.05) is 0 Å². The molecule has 1 aromatic rings. The summed E-state index contributed by atoms with van der Waals surface area (Å²) in [6.07, 6.45) is 15.5. The maximum absolute atomic E-state index is 10.8. The monoisotopic (exact) mass is 341 g/mol. The predicted molar refractivity (Wildman–Crippen MR) is 110 cm³/mol. The van der Waals surface area contributed by atoms with Crippen LogP contribution in [0.2, 0.25) is 0 Å². The number of hydrogen-bond acceptors (Lipinski definition) is 1. The molecule has 0 amide bonds. The van der Waals surface area contributed by atoms with Crippen LogP contribution in [0, 0.1) is 17.8 Å². The Hall–Kier alpha value is -1.37. The molecule has 1 aromatic carbocycles. The number of aldehydes is 1. The minimum atomic E-state index is 0.514. The molecule has 25 heavy (non-hydrogen) atoms. The molecule has 1 saturated carbocycles. The second kappa shape index (κ2) is 12.1. The summed E-state index contributed by atoms with van der Waals surface area (Å²) in [6, 6.07) is 9.99. The number of hydrogen-bond donors (Lipinski definition) is 0. The maximum Gasteiger partial charge on any atom is 0.146 e. The molecule has 0 spiro atoms. The van der Waals surface area contributed by atoms with Crippen molar-refractivity contribution in [3.8, 4) is 0 Å². The molecular formula is C24H37O. The Morgan fingerprint density at radius 3 is 2.32 bits per heavy atom. The summed E-state index contributed by atoms with van der Waals surface area (Å²) in [7, 11) is 0. The molecule has 0 N–H and O–H groups in total. The van der Waals surface area contributed by atoms with Crippen molar-refractivity contribution in [2.24, 2.45) is 11.3 Å². The van der Waals surface area contributed by atoms with Gasteiger partial charge >= 0.3 is 0 Å². The fraction of sp³-hybridized carbons (Fsp3) is 0.583. The van der Waals surface area contributed by atoms with Gasteiger partial charge < -0.3 is 0 Å². The summed E-state index contributed by atoms with van der Waals surface area (Å²) in [5.74, 6) is 0.876. The van der Waals surface area contributed by atoms with Crippen molar-refractivity contribution < 1.29 is 4.79 Å². The lowest BCUT2D eigenvalue weighted by Crippen LogP contribution is -2.23. The minimum Gasteiger partial charge on any atom is -0.298 e. The fourth-order valence-electron chi connectivity index (χ4n) is 3.24. The first-order chi connectivity index (χ1) is 12.0. The summed E-state index contributed by atoms with van der Waals surface area (Å²) in [5.41, 5.74) is 2.52. The van der Waals surface area contributed by atoms with Crippen molar-refractivity contribution in [3.63, 3.8) is 0 Å². The zero-order valence-corrected chi connectivity index (χ0v) is 16.8. The van der Waals surface area contributed by atoms with E-state index in [0.29, 0.717) is 5.41 Å². The highest BCUT2D eigenvalue weighted by atomic mass is 16.1. The number of carbonyl (C=O) groups is 1. The SMILES string of the molecule is CC(C)(C)C1[CH]CCCC1.CCCCC/C(C=O)=C/c1ccccc1. The molecule has 0 heterocycles. The molecule has 1 aliphatic rings. The van der Waals surface area contributed by atoms with E-state index in [9.17, 15) is 4.79 Å². The van der Waals surface area contributed by atoms with E-state index in [4.69, 9.17) is 0 Å². The van der Waals surface area contributed by atoms with Crippen LogP contribution in [0.4, 0.5) is 0 Å². The number of benzene rings is 1. The van der Waals surface area contributed by atoms with Gasteiger partial charge in [0.25, 0.3) is 0 Å². The van der Waals surface area contributed by atoms with Crippen LogP contribution in [0.5, 0.6) is 0 Å². The molecule has 1 unspecified atom stereocenters. The van der Waals surface area contributed by atoms with E-state index < -0.39 is 0 Å². The molecule has 1 fully saturated rings. The highest BCUT2D eigenvalue weighted by Crippen LogP contribution is 2.36.